The average Bonchev–Trinajstić information content (AvgIpc) is 2.74. The van der Waals surface area contributed by atoms with E-state index in [1.165, 1.54) is 0 Å². The molecule has 0 aromatic carbocycles. The molecule has 1 saturated heterocycles. The second kappa shape index (κ2) is 5.34. The van der Waals surface area contributed by atoms with E-state index in [1.807, 2.05) is 0 Å². The van der Waals surface area contributed by atoms with Crippen LogP contribution in [0.4, 0.5) is 0 Å². The van der Waals surface area contributed by atoms with Gasteiger partial charge in [-0.1, -0.05) is 0 Å². The molecule has 0 bridgehead atoms. The van der Waals surface area contributed by atoms with E-state index < -0.39 is 10.0 Å². The predicted octanol–water partition coefficient (Wildman–Crippen LogP) is 0.742. The fourth-order valence-electron chi connectivity index (χ4n) is 2.21. The van der Waals surface area contributed by atoms with Gasteiger partial charge in [-0.05, 0) is 31.9 Å². The Morgan fingerprint density at radius 1 is 1.37 bits per heavy atom. The molecule has 2 rings (SSSR count). The van der Waals surface area contributed by atoms with E-state index in [2.05, 4.69) is 4.72 Å². The van der Waals surface area contributed by atoms with Gasteiger partial charge in [0.05, 0.1) is 6.26 Å². The molecule has 1 aromatic heterocycles. The summed E-state index contributed by atoms with van der Waals surface area (Å²) in [6, 6.07) is 3.33. The van der Waals surface area contributed by atoms with Crippen LogP contribution in [-0.2, 0) is 10.0 Å². The van der Waals surface area contributed by atoms with Crippen LogP contribution in [0, 0.1) is 6.92 Å². The number of sulfonamides is 1. The number of piperidine rings is 1. The van der Waals surface area contributed by atoms with Crippen molar-refractivity contribution in [2.45, 2.75) is 25.8 Å². The first-order valence-electron chi connectivity index (χ1n) is 6.18. The van der Waals surface area contributed by atoms with Crippen LogP contribution in [0.25, 0.3) is 0 Å². The zero-order chi connectivity index (χ0) is 14.0. The number of amides is 1. The molecular weight excluding hydrogens is 268 g/mol. The lowest BCUT2D eigenvalue weighted by molar-refractivity contribution is 0.0678. The molecule has 1 amide bonds. The highest BCUT2D eigenvalue weighted by molar-refractivity contribution is 7.88. The number of carbonyl (C=O) groups excluding carboxylic acids is 1. The number of rotatable bonds is 3. The number of hydrogen-bond donors (Lipinski definition) is 1. The first-order chi connectivity index (χ1) is 8.85. The second-order valence-electron chi connectivity index (χ2n) is 4.87. The van der Waals surface area contributed by atoms with Crippen molar-refractivity contribution in [1.82, 2.24) is 9.62 Å². The molecule has 1 N–H and O–H groups in total. The van der Waals surface area contributed by atoms with Gasteiger partial charge in [0.1, 0.15) is 5.76 Å². The van der Waals surface area contributed by atoms with Crippen LogP contribution >= 0.6 is 0 Å². The molecular formula is C12H18N2O4S. The van der Waals surface area contributed by atoms with E-state index in [-0.39, 0.29) is 11.9 Å². The third-order valence-corrected chi connectivity index (χ3v) is 3.88. The predicted molar refractivity (Wildman–Crippen MR) is 70.4 cm³/mol. The normalized spacial score (nSPS) is 17.7. The van der Waals surface area contributed by atoms with Crippen LogP contribution in [-0.4, -0.2) is 44.6 Å². The van der Waals surface area contributed by atoms with Crippen molar-refractivity contribution in [2.24, 2.45) is 0 Å². The van der Waals surface area contributed by atoms with Gasteiger partial charge in [0, 0.05) is 19.1 Å². The minimum absolute atomic E-state index is 0.0858. The Hall–Kier alpha value is -1.34. The van der Waals surface area contributed by atoms with Gasteiger partial charge in [-0.15, -0.1) is 0 Å². The zero-order valence-electron chi connectivity index (χ0n) is 11.0. The molecule has 1 aliphatic rings. The molecule has 1 aliphatic heterocycles. The summed E-state index contributed by atoms with van der Waals surface area (Å²) in [5.74, 6) is 0.912. The van der Waals surface area contributed by atoms with Crippen LogP contribution < -0.4 is 4.72 Å². The molecule has 0 aliphatic carbocycles. The molecule has 0 atom stereocenters. The summed E-state index contributed by atoms with van der Waals surface area (Å²) < 4.78 is 30.1. The maximum absolute atomic E-state index is 12.1. The van der Waals surface area contributed by atoms with Crippen molar-refractivity contribution in [3.8, 4) is 0 Å². The third kappa shape index (κ3) is 3.81. The van der Waals surface area contributed by atoms with Gasteiger partial charge in [0.2, 0.25) is 10.0 Å². The van der Waals surface area contributed by atoms with Crippen LogP contribution in [0.15, 0.2) is 16.5 Å². The Kier molecular flexibility index (Phi) is 3.96. The highest BCUT2D eigenvalue weighted by Crippen LogP contribution is 2.16. The summed E-state index contributed by atoms with van der Waals surface area (Å²) in [5.41, 5.74) is 0. The molecule has 19 heavy (non-hydrogen) atoms. The maximum atomic E-state index is 12.1. The molecule has 106 valence electrons. The fourth-order valence-corrected chi connectivity index (χ4v) is 3.05. The van der Waals surface area contributed by atoms with Crippen molar-refractivity contribution >= 4 is 15.9 Å². The topological polar surface area (TPSA) is 79.6 Å². The van der Waals surface area contributed by atoms with E-state index in [9.17, 15) is 13.2 Å². The molecule has 1 fully saturated rings. The molecule has 0 unspecified atom stereocenters. The summed E-state index contributed by atoms with van der Waals surface area (Å²) in [6.07, 6.45) is 2.40. The van der Waals surface area contributed by atoms with Crippen molar-refractivity contribution in [2.75, 3.05) is 19.3 Å². The fraction of sp³-hybridized carbons (Fsp3) is 0.583. The molecule has 0 saturated carbocycles. The van der Waals surface area contributed by atoms with Gasteiger partial charge >= 0.3 is 0 Å². The molecule has 6 nitrogen and oxygen atoms in total. The number of aryl methyl sites for hydroxylation is 1. The largest absolute Gasteiger partial charge is 0.456 e. The van der Waals surface area contributed by atoms with E-state index >= 15 is 0 Å². The highest BCUT2D eigenvalue weighted by atomic mass is 32.2. The van der Waals surface area contributed by atoms with Crippen LogP contribution in [0.5, 0.6) is 0 Å². The SMILES string of the molecule is Cc1ccc(C(=O)N2CCC(NS(C)(=O)=O)CC2)o1. The van der Waals surface area contributed by atoms with Gasteiger partial charge in [-0.3, -0.25) is 4.79 Å². The lowest BCUT2D eigenvalue weighted by Gasteiger charge is -2.31. The quantitative estimate of drug-likeness (QED) is 0.889. The van der Waals surface area contributed by atoms with Gasteiger partial charge in [0.25, 0.3) is 5.91 Å². The molecule has 0 radical (unpaired) electrons. The van der Waals surface area contributed by atoms with E-state index in [0.717, 1.165) is 6.26 Å². The third-order valence-electron chi connectivity index (χ3n) is 3.11. The minimum atomic E-state index is -3.18. The van der Waals surface area contributed by atoms with Crippen molar-refractivity contribution in [1.29, 1.82) is 0 Å². The summed E-state index contributed by atoms with van der Waals surface area (Å²) >= 11 is 0. The zero-order valence-corrected chi connectivity index (χ0v) is 11.9. The Morgan fingerprint density at radius 3 is 2.47 bits per heavy atom. The molecule has 7 heteroatoms. The van der Waals surface area contributed by atoms with Crippen LogP contribution in [0.2, 0.25) is 0 Å². The van der Waals surface area contributed by atoms with Gasteiger partial charge < -0.3 is 9.32 Å². The van der Waals surface area contributed by atoms with Gasteiger partial charge in [-0.25, -0.2) is 13.1 Å². The summed E-state index contributed by atoms with van der Waals surface area (Å²) in [5, 5.41) is 0. The summed E-state index contributed by atoms with van der Waals surface area (Å²) in [4.78, 5) is 13.8. The Morgan fingerprint density at radius 2 is 2.00 bits per heavy atom. The Labute approximate surface area is 112 Å². The Bertz CT molecular complexity index is 556. The first-order valence-corrected chi connectivity index (χ1v) is 8.07. The monoisotopic (exact) mass is 286 g/mol. The average molecular weight is 286 g/mol. The smallest absolute Gasteiger partial charge is 0.289 e. The van der Waals surface area contributed by atoms with Crippen molar-refractivity contribution < 1.29 is 17.6 Å². The number of nitrogens with zero attached hydrogens (tertiary/aromatic N) is 1. The summed E-state index contributed by atoms with van der Waals surface area (Å²) in [7, 11) is -3.18. The first kappa shape index (κ1) is 14.1. The lowest BCUT2D eigenvalue weighted by Crippen LogP contribution is -2.46. The number of likely N-dealkylation sites (tertiary alicyclic amines) is 1. The number of hydrogen-bond acceptors (Lipinski definition) is 4. The second-order valence-corrected chi connectivity index (χ2v) is 6.65. The van der Waals surface area contributed by atoms with Gasteiger partial charge in [-0.2, -0.15) is 0 Å². The van der Waals surface area contributed by atoms with Gasteiger partial charge in [0.15, 0.2) is 5.76 Å². The van der Waals surface area contributed by atoms with Crippen molar-refractivity contribution in [3.63, 3.8) is 0 Å². The molecule has 1 aromatic rings. The van der Waals surface area contributed by atoms with E-state index in [1.54, 1.807) is 24.0 Å². The lowest BCUT2D eigenvalue weighted by atomic mass is 10.1. The van der Waals surface area contributed by atoms with Crippen LogP contribution in [0.1, 0.15) is 29.2 Å². The van der Waals surface area contributed by atoms with Crippen LogP contribution in [0.3, 0.4) is 0 Å². The number of nitrogens with one attached hydrogen (secondary N) is 1. The Balaban J connectivity index is 1.91. The van der Waals surface area contributed by atoms with E-state index in [0.29, 0.717) is 37.5 Å². The van der Waals surface area contributed by atoms with E-state index in [4.69, 9.17) is 4.42 Å². The maximum Gasteiger partial charge on any atom is 0.289 e. The minimum Gasteiger partial charge on any atom is -0.456 e. The molecule has 2 heterocycles. The number of carbonyl (C=O) groups is 1. The number of furan rings is 1. The highest BCUT2D eigenvalue weighted by Gasteiger charge is 2.26. The summed E-state index contributed by atoms with van der Waals surface area (Å²) in [6.45, 7) is 2.86. The standard InChI is InChI=1S/C12H18N2O4S/c1-9-3-4-11(18-9)12(15)14-7-5-10(6-8-14)13-19(2,16)17/h3-4,10,13H,5-8H2,1-2H3. The van der Waals surface area contributed by atoms with Crippen molar-refractivity contribution in [3.05, 3.63) is 23.7 Å². The molecule has 0 spiro atoms.